The molecular weight excluding hydrogens is 339 g/mol. The highest BCUT2D eigenvalue weighted by atomic mass is 79.9. The van der Waals surface area contributed by atoms with Gasteiger partial charge in [0.1, 0.15) is 5.82 Å². The van der Waals surface area contributed by atoms with Crippen LogP contribution in [-0.2, 0) is 4.74 Å². The summed E-state index contributed by atoms with van der Waals surface area (Å²) in [5.41, 5.74) is 0.0630. The van der Waals surface area contributed by atoms with Crippen LogP contribution in [-0.4, -0.2) is 49.2 Å². The van der Waals surface area contributed by atoms with E-state index < -0.39 is 11.7 Å². The van der Waals surface area contributed by atoms with Crippen molar-refractivity contribution in [2.75, 3.05) is 26.2 Å². The van der Waals surface area contributed by atoms with Crippen molar-refractivity contribution in [3.05, 3.63) is 34.1 Å². The fraction of sp³-hybridized carbons (Fsp3) is 0.533. The number of ether oxygens (including phenoxy) is 1. The van der Waals surface area contributed by atoms with Crippen LogP contribution in [0.5, 0.6) is 0 Å². The van der Waals surface area contributed by atoms with Crippen molar-refractivity contribution >= 4 is 21.8 Å². The van der Waals surface area contributed by atoms with Crippen LogP contribution in [0.1, 0.15) is 23.2 Å². The van der Waals surface area contributed by atoms with Crippen LogP contribution in [0.4, 0.5) is 4.39 Å². The summed E-state index contributed by atoms with van der Waals surface area (Å²) in [4.78, 5) is 14.4. The van der Waals surface area contributed by atoms with Crippen molar-refractivity contribution in [1.29, 1.82) is 0 Å². The lowest BCUT2D eigenvalue weighted by Gasteiger charge is -2.35. The van der Waals surface area contributed by atoms with Gasteiger partial charge in [0.2, 0.25) is 0 Å². The monoisotopic (exact) mass is 356 g/mol. The molecule has 1 aromatic carbocycles. The Kier molecular flexibility index (Phi) is 4.57. The molecule has 2 unspecified atom stereocenters. The minimum absolute atomic E-state index is 0.0122. The number of halogens is 2. The molecule has 1 N–H and O–H groups in total. The first-order valence-electron chi connectivity index (χ1n) is 7.22. The van der Waals surface area contributed by atoms with Crippen molar-refractivity contribution in [3.63, 3.8) is 0 Å². The van der Waals surface area contributed by atoms with Crippen LogP contribution < -0.4 is 5.32 Å². The Morgan fingerprint density at radius 1 is 1.52 bits per heavy atom. The average molecular weight is 357 g/mol. The molecule has 6 heteroatoms. The second kappa shape index (κ2) is 6.42. The van der Waals surface area contributed by atoms with Gasteiger partial charge < -0.3 is 10.1 Å². The van der Waals surface area contributed by atoms with Crippen molar-refractivity contribution in [3.8, 4) is 0 Å². The van der Waals surface area contributed by atoms with Crippen molar-refractivity contribution in [1.82, 2.24) is 10.2 Å². The zero-order valence-electron chi connectivity index (χ0n) is 11.6. The van der Waals surface area contributed by atoms with E-state index >= 15 is 0 Å². The van der Waals surface area contributed by atoms with Crippen molar-refractivity contribution in [2.24, 2.45) is 0 Å². The molecule has 0 radical (unpaired) electrons. The molecule has 21 heavy (non-hydrogen) atoms. The smallest absolute Gasteiger partial charge is 0.254 e. The molecular formula is C15H18BrFN2O2. The molecule has 2 atom stereocenters. The Morgan fingerprint density at radius 3 is 3.19 bits per heavy atom. The molecule has 4 nitrogen and oxygen atoms in total. The quantitative estimate of drug-likeness (QED) is 0.902. The summed E-state index contributed by atoms with van der Waals surface area (Å²) in [6.07, 6.45) is 2.40. The summed E-state index contributed by atoms with van der Waals surface area (Å²) in [7, 11) is 0. The van der Waals surface area contributed by atoms with E-state index in [4.69, 9.17) is 4.74 Å². The summed E-state index contributed by atoms with van der Waals surface area (Å²) >= 11 is 3.18. The van der Waals surface area contributed by atoms with E-state index in [1.807, 2.05) is 0 Å². The Hall–Kier alpha value is -0.980. The van der Waals surface area contributed by atoms with Gasteiger partial charge in [0, 0.05) is 23.6 Å². The van der Waals surface area contributed by atoms with E-state index in [0.29, 0.717) is 17.1 Å². The van der Waals surface area contributed by atoms with Gasteiger partial charge in [0.25, 0.3) is 5.91 Å². The molecule has 0 saturated carbocycles. The Balaban J connectivity index is 1.54. The Bertz CT molecular complexity index is 540. The van der Waals surface area contributed by atoms with Gasteiger partial charge in [0.05, 0.1) is 18.3 Å². The minimum Gasteiger partial charge on any atom is -0.373 e. The third-order valence-corrected chi connectivity index (χ3v) is 4.62. The standard InChI is InChI=1S/C15H18BrFN2O2/c16-10-3-4-13(14(17)6-10)15(20)18-7-12-8-19-5-1-2-11(19)9-21-12/h3-4,6,11-12H,1-2,5,7-9H2,(H,18,20). The molecule has 2 fully saturated rings. The van der Waals surface area contributed by atoms with E-state index in [-0.39, 0.29) is 11.7 Å². The molecule has 2 aliphatic heterocycles. The third kappa shape index (κ3) is 3.44. The van der Waals surface area contributed by atoms with Gasteiger partial charge in [-0.3, -0.25) is 9.69 Å². The number of carbonyl (C=O) groups excluding carboxylic acids is 1. The number of benzene rings is 1. The molecule has 1 aromatic rings. The molecule has 2 heterocycles. The first-order valence-corrected chi connectivity index (χ1v) is 8.01. The maximum atomic E-state index is 13.7. The minimum atomic E-state index is -0.522. The summed E-state index contributed by atoms with van der Waals surface area (Å²) in [6, 6.07) is 4.97. The van der Waals surface area contributed by atoms with Crippen LogP contribution in [0.15, 0.2) is 22.7 Å². The number of nitrogens with one attached hydrogen (secondary N) is 1. The lowest BCUT2D eigenvalue weighted by Crippen LogP contribution is -2.50. The van der Waals surface area contributed by atoms with Gasteiger partial charge in [-0.05, 0) is 37.6 Å². The van der Waals surface area contributed by atoms with E-state index in [0.717, 1.165) is 19.7 Å². The van der Waals surface area contributed by atoms with Crippen LogP contribution in [0, 0.1) is 5.82 Å². The summed E-state index contributed by atoms with van der Waals surface area (Å²) in [5.74, 6) is -0.918. The Labute approximate surface area is 131 Å². The molecule has 2 aliphatic rings. The normalized spacial score (nSPS) is 25.6. The fourth-order valence-electron chi connectivity index (χ4n) is 2.98. The largest absolute Gasteiger partial charge is 0.373 e. The van der Waals surface area contributed by atoms with Crippen LogP contribution >= 0.6 is 15.9 Å². The number of nitrogens with zero attached hydrogens (tertiary/aromatic N) is 1. The Morgan fingerprint density at radius 2 is 2.38 bits per heavy atom. The average Bonchev–Trinajstić information content (AvgIpc) is 2.92. The molecule has 3 rings (SSSR count). The van der Waals surface area contributed by atoms with Gasteiger partial charge >= 0.3 is 0 Å². The number of fused-ring (bicyclic) bond motifs is 1. The van der Waals surface area contributed by atoms with Crippen LogP contribution in [0.2, 0.25) is 0 Å². The van der Waals surface area contributed by atoms with Gasteiger partial charge in [0.15, 0.2) is 0 Å². The number of hydrogen-bond donors (Lipinski definition) is 1. The fourth-order valence-corrected chi connectivity index (χ4v) is 3.32. The van der Waals surface area contributed by atoms with Crippen molar-refractivity contribution in [2.45, 2.75) is 25.0 Å². The number of morpholine rings is 1. The highest BCUT2D eigenvalue weighted by Gasteiger charge is 2.32. The number of amides is 1. The molecule has 0 aromatic heterocycles. The zero-order chi connectivity index (χ0) is 14.8. The van der Waals surface area contributed by atoms with E-state index in [1.54, 1.807) is 6.07 Å². The van der Waals surface area contributed by atoms with Crippen LogP contribution in [0.25, 0.3) is 0 Å². The van der Waals surface area contributed by atoms with Gasteiger partial charge in [-0.25, -0.2) is 4.39 Å². The SMILES string of the molecule is O=C(NCC1CN2CCCC2CO1)c1ccc(Br)cc1F. The summed E-state index contributed by atoms with van der Waals surface area (Å²) in [6.45, 7) is 3.10. The maximum Gasteiger partial charge on any atom is 0.254 e. The topological polar surface area (TPSA) is 41.6 Å². The highest BCUT2D eigenvalue weighted by Crippen LogP contribution is 2.22. The molecule has 114 valence electrons. The predicted molar refractivity (Wildman–Crippen MR) is 80.8 cm³/mol. The number of rotatable bonds is 3. The van der Waals surface area contributed by atoms with Crippen LogP contribution in [0.3, 0.4) is 0 Å². The van der Waals surface area contributed by atoms with Crippen molar-refractivity contribution < 1.29 is 13.9 Å². The van der Waals surface area contributed by atoms with E-state index in [2.05, 4.69) is 26.1 Å². The molecule has 0 spiro atoms. The van der Waals surface area contributed by atoms with E-state index in [1.165, 1.54) is 25.0 Å². The predicted octanol–water partition coefficient (Wildman–Crippen LogP) is 2.18. The lowest BCUT2D eigenvalue weighted by molar-refractivity contribution is -0.0462. The molecule has 0 aliphatic carbocycles. The maximum absolute atomic E-state index is 13.7. The number of carbonyl (C=O) groups is 1. The van der Waals surface area contributed by atoms with E-state index in [9.17, 15) is 9.18 Å². The molecule has 0 bridgehead atoms. The van der Waals surface area contributed by atoms with Gasteiger partial charge in [-0.1, -0.05) is 15.9 Å². The van der Waals surface area contributed by atoms with Gasteiger partial charge in [-0.15, -0.1) is 0 Å². The van der Waals surface area contributed by atoms with Gasteiger partial charge in [-0.2, -0.15) is 0 Å². The zero-order valence-corrected chi connectivity index (χ0v) is 13.2. The third-order valence-electron chi connectivity index (χ3n) is 4.13. The molecule has 2 saturated heterocycles. The lowest BCUT2D eigenvalue weighted by atomic mass is 10.1. The number of hydrogen-bond acceptors (Lipinski definition) is 3. The second-order valence-electron chi connectivity index (χ2n) is 5.58. The first kappa shape index (κ1) is 14.9. The first-order chi connectivity index (χ1) is 10.1. The highest BCUT2D eigenvalue weighted by molar-refractivity contribution is 9.10. The summed E-state index contributed by atoms with van der Waals surface area (Å²) < 4.78 is 20.1. The molecule has 1 amide bonds. The summed E-state index contributed by atoms with van der Waals surface area (Å²) in [5, 5.41) is 2.76. The second-order valence-corrected chi connectivity index (χ2v) is 6.50.